The van der Waals surface area contributed by atoms with Gasteiger partial charge >= 0.3 is 0 Å². The Labute approximate surface area is 109 Å². The van der Waals surface area contributed by atoms with E-state index in [9.17, 15) is 9.59 Å². The highest BCUT2D eigenvalue weighted by atomic mass is 35.5. The van der Waals surface area contributed by atoms with E-state index in [0.717, 1.165) is 5.56 Å². The molecule has 1 aromatic carbocycles. The largest absolute Gasteiger partial charge is 0.335 e. The highest BCUT2D eigenvalue weighted by Gasteiger charge is 2.28. The quantitative estimate of drug-likeness (QED) is 0.792. The van der Waals surface area contributed by atoms with Gasteiger partial charge < -0.3 is 4.90 Å². The van der Waals surface area contributed by atoms with E-state index in [2.05, 4.69) is 0 Å². The molecule has 5 heteroatoms. The van der Waals surface area contributed by atoms with Crippen molar-refractivity contribution in [3.63, 3.8) is 0 Å². The van der Waals surface area contributed by atoms with Gasteiger partial charge in [0.15, 0.2) is 0 Å². The Hall–Kier alpha value is -1.06. The van der Waals surface area contributed by atoms with Gasteiger partial charge in [-0.05, 0) is 24.1 Å². The van der Waals surface area contributed by atoms with Gasteiger partial charge in [0.1, 0.15) is 0 Å². The zero-order valence-corrected chi connectivity index (χ0v) is 10.6. The monoisotopic (exact) mass is 271 g/mol. The first-order valence-corrected chi connectivity index (χ1v) is 6.09. The average Bonchev–Trinajstić information content (AvgIpc) is 2.59. The first kappa shape index (κ1) is 12.4. The molecule has 1 aliphatic heterocycles. The summed E-state index contributed by atoms with van der Waals surface area (Å²) in [5.74, 6) is -0.678. The Morgan fingerprint density at radius 2 is 2.00 bits per heavy atom. The third-order valence-electron chi connectivity index (χ3n) is 2.80. The fraction of sp³-hybridized carbons (Fsp3) is 0.333. The van der Waals surface area contributed by atoms with Crippen molar-refractivity contribution in [1.82, 2.24) is 4.90 Å². The van der Waals surface area contributed by atoms with Crippen LogP contribution in [-0.2, 0) is 16.0 Å². The number of amides is 1. The molecule has 2 rings (SSSR count). The zero-order valence-electron chi connectivity index (χ0n) is 9.08. The molecule has 90 valence electrons. The van der Waals surface area contributed by atoms with Crippen molar-refractivity contribution in [1.29, 1.82) is 0 Å². The Balaban J connectivity index is 1.98. The van der Waals surface area contributed by atoms with Crippen LogP contribution in [0.3, 0.4) is 0 Å². The van der Waals surface area contributed by atoms with Crippen molar-refractivity contribution in [2.45, 2.75) is 12.8 Å². The molecule has 1 heterocycles. The van der Waals surface area contributed by atoms with Crippen molar-refractivity contribution < 1.29 is 9.59 Å². The molecule has 0 spiro atoms. The first-order valence-electron chi connectivity index (χ1n) is 5.34. The van der Waals surface area contributed by atoms with Crippen LogP contribution in [0.25, 0.3) is 0 Å². The first-order chi connectivity index (χ1) is 8.08. The number of rotatable bonds is 3. The predicted octanol–water partition coefficient (Wildman–Crippen LogP) is 2.34. The number of carbonyl (C=O) groups is 2. The van der Waals surface area contributed by atoms with Gasteiger partial charge in [-0.3, -0.25) is 9.59 Å². The van der Waals surface area contributed by atoms with Crippen LogP contribution in [0.15, 0.2) is 18.2 Å². The molecule has 0 N–H and O–H groups in total. The average molecular weight is 272 g/mol. The fourth-order valence-electron chi connectivity index (χ4n) is 1.81. The van der Waals surface area contributed by atoms with Gasteiger partial charge in [0.2, 0.25) is 5.78 Å². The number of hydrogen-bond donors (Lipinski definition) is 0. The number of Topliss-reactive ketones (excluding diaryl/α,β-unsaturated/α-hetero) is 1. The zero-order chi connectivity index (χ0) is 12.4. The van der Waals surface area contributed by atoms with Crippen LogP contribution in [0, 0.1) is 0 Å². The number of ketones is 1. The summed E-state index contributed by atoms with van der Waals surface area (Å²) >= 11 is 11.8. The molecule has 0 bridgehead atoms. The van der Waals surface area contributed by atoms with Crippen LogP contribution >= 0.6 is 23.2 Å². The minimum Gasteiger partial charge on any atom is -0.335 e. The third kappa shape index (κ3) is 2.79. The number of nitrogens with zero attached hydrogens (tertiary/aromatic N) is 1. The number of hydrogen-bond acceptors (Lipinski definition) is 2. The maximum Gasteiger partial charge on any atom is 0.290 e. The van der Waals surface area contributed by atoms with Gasteiger partial charge in [-0.25, -0.2) is 0 Å². The van der Waals surface area contributed by atoms with Gasteiger partial charge in [0.05, 0.1) is 0 Å². The topological polar surface area (TPSA) is 37.4 Å². The van der Waals surface area contributed by atoms with Gasteiger partial charge in [-0.15, -0.1) is 0 Å². The van der Waals surface area contributed by atoms with E-state index >= 15 is 0 Å². The fourth-order valence-corrected chi connectivity index (χ4v) is 2.32. The van der Waals surface area contributed by atoms with Crippen LogP contribution in [0.2, 0.25) is 10.0 Å². The summed E-state index contributed by atoms with van der Waals surface area (Å²) in [6, 6.07) is 5.28. The number of halogens is 2. The Morgan fingerprint density at radius 1 is 1.24 bits per heavy atom. The van der Waals surface area contributed by atoms with Gasteiger partial charge in [-0.2, -0.15) is 0 Å². The Kier molecular flexibility index (Phi) is 3.69. The summed E-state index contributed by atoms with van der Waals surface area (Å²) in [5, 5.41) is 1.18. The SMILES string of the molecule is O=C1CCN(CCc2ccc(Cl)cc2Cl)C1=O. The minimum atomic E-state index is -0.380. The molecule has 1 aromatic rings. The lowest BCUT2D eigenvalue weighted by Gasteiger charge is -2.14. The minimum absolute atomic E-state index is 0.299. The summed E-state index contributed by atoms with van der Waals surface area (Å²) in [5.41, 5.74) is 0.934. The van der Waals surface area contributed by atoms with Crippen molar-refractivity contribution >= 4 is 34.9 Å². The molecule has 1 fully saturated rings. The van der Waals surface area contributed by atoms with Crippen molar-refractivity contribution in [3.05, 3.63) is 33.8 Å². The predicted molar refractivity (Wildman–Crippen MR) is 66.4 cm³/mol. The maximum absolute atomic E-state index is 11.4. The molecule has 0 aliphatic carbocycles. The smallest absolute Gasteiger partial charge is 0.290 e. The van der Waals surface area contributed by atoms with E-state index in [1.54, 1.807) is 17.0 Å². The van der Waals surface area contributed by atoms with Crippen molar-refractivity contribution in [3.8, 4) is 0 Å². The molecule has 17 heavy (non-hydrogen) atoms. The molecule has 1 amide bonds. The summed E-state index contributed by atoms with van der Waals surface area (Å²) < 4.78 is 0. The number of benzene rings is 1. The second-order valence-electron chi connectivity index (χ2n) is 3.95. The lowest BCUT2D eigenvalue weighted by atomic mass is 10.1. The summed E-state index contributed by atoms with van der Waals surface area (Å²) in [6.45, 7) is 1.04. The van der Waals surface area contributed by atoms with Crippen LogP contribution in [0.4, 0.5) is 0 Å². The van der Waals surface area contributed by atoms with E-state index in [1.807, 2.05) is 6.07 Å². The normalized spacial score (nSPS) is 15.8. The van der Waals surface area contributed by atoms with E-state index in [-0.39, 0.29) is 11.7 Å². The van der Waals surface area contributed by atoms with E-state index in [0.29, 0.717) is 36.0 Å². The molecule has 0 radical (unpaired) electrons. The molecular weight excluding hydrogens is 261 g/mol. The Morgan fingerprint density at radius 3 is 2.59 bits per heavy atom. The van der Waals surface area contributed by atoms with E-state index < -0.39 is 0 Å². The van der Waals surface area contributed by atoms with E-state index in [1.165, 1.54) is 0 Å². The molecule has 3 nitrogen and oxygen atoms in total. The second kappa shape index (κ2) is 5.07. The molecule has 0 unspecified atom stereocenters. The standard InChI is InChI=1S/C12H11Cl2NO2/c13-9-2-1-8(10(14)7-9)3-5-15-6-4-11(16)12(15)17/h1-2,7H,3-6H2. The Bertz CT molecular complexity index is 474. The third-order valence-corrected chi connectivity index (χ3v) is 3.39. The van der Waals surface area contributed by atoms with Gasteiger partial charge in [0, 0.05) is 29.6 Å². The number of likely N-dealkylation sites (tertiary alicyclic amines) is 1. The van der Waals surface area contributed by atoms with Gasteiger partial charge in [-0.1, -0.05) is 29.3 Å². The molecule has 1 saturated heterocycles. The van der Waals surface area contributed by atoms with Crippen LogP contribution in [-0.4, -0.2) is 29.7 Å². The van der Waals surface area contributed by atoms with Crippen LogP contribution < -0.4 is 0 Å². The maximum atomic E-state index is 11.4. The molecule has 0 atom stereocenters. The van der Waals surface area contributed by atoms with E-state index in [4.69, 9.17) is 23.2 Å². The number of carbonyl (C=O) groups excluding carboxylic acids is 2. The summed E-state index contributed by atoms with van der Waals surface area (Å²) in [7, 11) is 0. The molecule has 1 aliphatic rings. The molecular formula is C12H11Cl2NO2. The van der Waals surface area contributed by atoms with Crippen molar-refractivity contribution in [2.24, 2.45) is 0 Å². The highest BCUT2D eigenvalue weighted by Crippen LogP contribution is 2.21. The van der Waals surface area contributed by atoms with Gasteiger partial charge in [0.25, 0.3) is 5.91 Å². The molecule has 0 aromatic heterocycles. The summed E-state index contributed by atoms with van der Waals surface area (Å²) in [4.78, 5) is 24.0. The lowest BCUT2D eigenvalue weighted by Crippen LogP contribution is -2.29. The lowest BCUT2D eigenvalue weighted by molar-refractivity contribution is -0.139. The van der Waals surface area contributed by atoms with Crippen LogP contribution in [0.1, 0.15) is 12.0 Å². The highest BCUT2D eigenvalue weighted by molar-refractivity contribution is 6.38. The van der Waals surface area contributed by atoms with Crippen molar-refractivity contribution in [2.75, 3.05) is 13.1 Å². The molecule has 0 saturated carbocycles. The second-order valence-corrected chi connectivity index (χ2v) is 4.79. The summed E-state index contributed by atoms with van der Waals surface area (Å²) in [6.07, 6.45) is 0.961. The van der Waals surface area contributed by atoms with Crippen LogP contribution in [0.5, 0.6) is 0 Å².